The average Bonchev–Trinajstić information content (AvgIpc) is 3.18. The zero-order valence-corrected chi connectivity index (χ0v) is 18.0. The number of nitrogens with zero attached hydrogens (tertiary/aromatic N) is 3. The summed E-state index contributed by atoms with van der Waals surface area (Å²) in [6, 6.07) is 23.1. The van der Waals surface area contributed by atoms with E-state index in [0.29, 0.717) is 28.2 Å². The summed E-state index contributed by atoms with van der Waals surface area (Å²) in [4.78, 5) is 0. The summed E-state index contributed by atoms with van der Waals surface area (Å²) in [5.74, 6) is 10.3. The molecule has 4 aromatic rings. The normalized spacial score (nSPS) is 10.6. The van der Waals surface area contributed by atoms with Crippen LogP contribution in [0.25, 0.3) is 11.4 Å². The number of hydrogen-bond donors (Lipinski definition) is 1. The second kappa shape index (κ2) is 9.44. The van der Waals surface area contributed by atoms with Crippen LogP contribution in [0.2, 0.25) is 0 Å². The van der Waals surface area contributed by atoms with Crippen LogP contribution in [0.5, 0.6) is 23.0 Å². The number of methoxy groups -OCH3 is 2. The molecule has 0 bridgehead atoms. The van der Waals surface area contributed by atoms with Gasteiger partial charge in [-0.05, 0) is 30.3 Å². The molecule has 0 saturated heterocycles. The first-order valence-electron chi connectivity index (χ1n) is 9.56. The third-order valence-electron chi connectivity index (χ3n) is 4.61. The highest BCUT2D eigenvalue weighted by atomic mass is 32.2. The number of thioether (sulfide) groups is 1. The number of rotatable bonds is 8. The molecule has 0 unspecified atom stereocenters. The van der Waals surface area contributed by atoms with Gasteiger partial charge in [0.2, 0.25) is 5.16 Å². The topological polar surface area (TPSA) is 84.4 Å². The van der Waals surface area contributed by atoms with Crippen LogP contribution < -0.4 is 20.1 Å². The molecule has 0 spiro atoms. The van der Waals surface area contributed by atoms with E-state index in [2.05, 4.69) is 10.2 Å². The van der Waals surface area contributed by atoms with Crippen molar-refractivity contribution in [1.29, 1.82) is 0 Å². The number of para-hydroxylation sites is 2. The van der Waals surface area contributed by atoms with Crippen LogP contribution >= 0.6 is 11.8 Å². The van der Waals surface area contributed by atoms with Gasteiger partial charge in [-0.3, -0.25) is 0 Å². The fourth-order valence-electron chi connectivity index (χ4n) is 3.02. The van der Waals surface area contributed by atoms with E-state index in [1.54, 1.807) is 20.3 Å². The summed E-state index contributed by atoms with van der Waals surface area (Å²) in [7, 11) is 3.20. The predicted octanol–water partition coefficient (Wildman–Crippen LogP) is 4.76. The van der Waals surface area contributed by atoms with Gasteiger partial charge >= 0.3 is 0 Å². The molecule has 0 saturated carbocycles. The third-order valence-corrected chi connectivity index (χ3v) is 5.61. The van der Waals surface area contributed by atoms with E-state index < -0.39 is 0 Å². The molecule has 2 N–H and O–H groups in total. The minimum atomic E-state index is 0.510. The molecule has 7 nitrogen and oxygen atoms in total. The van der Waals surface area contributed by atoms with E-state index >= 15 is 0 Å². The number of aromatic nitrogens is 3. The number of nitrogen functional groups attached to an aromatic ring is 1. The largest absolute Gasteiger partial charge is 0.497 e. The number of nitrogens with two attached hydrogens (primary N) is 1. The Hall–Kier alpha value is -3.65. The van der Waals surface area contributed by atoms with Gasteiger partial charge in [0, 0.05) is 17.4 Å². The Morgan fingerprint density at radius 3 is 2.39 bits per heavy atom. The highest BCUT2D eigenvalue weighted by Gasteiger charge is 2.17. The Kier molecular flexibility index (Phi) is 6.28. The van der Waals surface area contributed by atoms with Crippen LogP contribution in [0.4, 0.5) is 0 Å². The van der Waals surface area contributed by atoms with E-state index in [4.69, 9.17) is 20.1 Å². The smallest absolute Gasteiger partial charge is 0.210 e. The number of ether oxygens (including phenoxy) is 3. The van der Waals surface area contributed by atoms with E-state index in [9.17, 15) is 0 Å². The van der Waals surface area contributed by atoms with Crippen molar-refractivity contribution in [2.24, 2.45) is 0 Å². The molecule has 3 aromatic carbocycles. The SMILES string of the molecule is COc1ccc(-c2nnc(SCc3ccccc3Oc3ccccc3)n2N)c(OC)c1. The summed E-state index contributed by atoms with van der Waals surface area (Å²) in [6.45, 7) is 0. The van der Waals surface area contributed by atoms with Crippen molar-refractivity contribution >= 4 is 11.8 Å². The van der Waals surface area contributed by atoms with Gasteiger partial charge < -0.3 is 20.1 Å². The van der Waals surface area contributed by atoms with Crippen molar-refractivity contribution in [2.45, 2.75) is 10.9 Å². The quantitative estimate of drug-likeness (QED) is 0.316. The molecule has 0 amide bonds. The maximum absolute atomic E-state index is 6.31. The zero-order valence-electron chi connectivity index (χ0n) is 17.2. The summed E-state index contributed by atoms with van der Waals surface area (Å²) < 4.78 is 18.2. The maximum Gasteiger partial charge on any atom is 0.210 e. The average molecular weight is 435 g/mol. The van der Waals surface area contributed by atoms with E-state index in [0.717, 1.165) is 22.6 Å². The van der Waals surface area contributed by atoms with E-state index in [1.807, 2.05) is 66.7 Å². The molecule has 0 aliphatic carbocycles. The molecular formula is C23H22N4O3S. The van der Waals surface area contributed by atoms with Gasteiger partial charge in [-0.15, -0.1) is 10.2 Å². The van der Waals surface area contributed by atoms with Gasteiger partial charge in [0.15, 0.2) is 5.82 Å². The lowest BCUT2D eigenvalue weighted by Crippen LogP contribution is -2.12. The Balaban J connectivity index is 1.53. The Morgan fingerprint density at radius 1 is 0.839 bits per heavy atom. The standard InChI is InChI=1S/C23H22N4O3S/c1-28-18-12-13-19(21(14-18)29-2)22-25-26-23(27(22)24)31-15-16-8-6-7-11-20(16)30-17-9-4-3-5-10-17/h3-14H,15,24H2,1-2H3. The molecule has 0 aliphatic rings. The van der Waals surface area contributed by atoms with Gasteiger partial charge in [0.05, 0.1) is 19.8 Å². The third kappa shape index (κ3) is 4.59. The molecule has 1 heterocycles. The van der Waals surface area contributed by atoms with Crippen LogP contribution in [-0.2, 0) is 5.75 Å². The molecule has 1 aromatic heterocycles. The second-order valence-corrected chi connectivity index (χ2v) is 7.50. The highest BCUT2D eigenvalue weighted by molar-refractivity contribution is 7.98. The van der Waals surface area contributed by atoms with Crippen LogP contribution in [0.15, 0.2) is 78.0 Å². The lowest BCUT2D eigenvalue weighted by molar-refractivity contribution is 0.395. The molecule has 0 radical (unpaired) electrons. The van der Waals surface area contributed by atoms with Crippen LogP contribution in [0.3, 0.4) is 0 Å². The Labute approximate surface area is 184 Å². The van der Waals surface area contributed by atoms with Crippen LogP contribution in [0.1, 0.15) is 5.56 Å². The van der Waals surface area contributed by atoms with Crippen molar-refractivity contribution in [2.75, 3.05) is 20.1 Å². The van der Waals surface area contributed by atoms with E-state index in [1.165, 1.54) is 16.4 Å². The minimum Gasteiger partial charge on any atom is -0.497 e. The summed E-state index contributed by atoms with van der Waals surface area (Å²) in [6.07, 6.45) is 0. The maximum atomic E-state index is 6.31. The lowest BCUT2D eigenvalue weighted by atomic mass is 10.2. The first kappa shape index (κ1) is 20.6. The van der Waals surface area contributed by atoms with Gasteiger partial charge in [-0.1, -0.05) is 48.2 Å². The Morgan fingerprint density at radius 2 is 1.61 bits per heavy atom. The fourth-order valence-corrected chi connectivity index (χ4v) is 3.87. The number of hydrogen-bond acceptors (Lipinski definition) is 7. The highest BCUT2D eigenvalue weighted by Crippen LogP contribution is 2.34. The van der Waals surface area contributed by atoms with Gasteiger partial charge in [-0.2, -0.15) is 0 Å². The first-order valence-corrected chi connectivity index (χ1v) is 10.5. The van der Waals surface area contributed by atoms with Crippen LogP contribution in [-0.4, -0.2) is 29.1 Å². The van der Waals surface area contributed by atoms with Gasteiger partial charge in [-0.25, -0.2) is 4.68 Å². The monoisotopic (exact) mass is 434 g/mol. The van der Waals surface area contributed by atoms with Gasteiger partial charge in [0.1, 0.15) is 23.0 Å². The Bertz CT molecular complexity index is 1160. The molecule has 0 aliphatic heterocycles. The zero-order chi connectivity index (χ0) is 21.6. The second-order valence-electron chi connectivity index (χ2n) is 6.55. The minimum absolute atomic E-state index is 0.510. The number of benzene rings is 3. The molecule has 8 heteroatoms. The first-order chi connectivity index (χ1) is 15.2. The fraction of sp³-hybridized carbons (Fsp3) is 0.130. The molecule has 158 valence electrons. The molecule has 0 atom stereocenters. The predicted molar refractivity (Wildman–Crippen MR) is 121 cm³/mol. The van der Waals surface area contributed by atoms with Crippen molar-refractivity contribution in [3.8, 4) is 34.4 Å². The van der Waals surface area contributed by atoms with Gasteiger partial charge in [0.25, 0.3) is 0 Å². The summed E-state index contributed by atoms with van der Waals surface area (Å²) >= 11 is 1.48. The van der Waals surface area contributed by atoms with Crippen molar-refractivity contribution < 1.29 is 14.2 Å². The molecular weight excluding hydrogens is 412 g/mol. The van der Waals surface area contributed by atoms with Crippen molar-refractivity contribution in [3.05, 3.63) is 78.4 Å². The van der Waals surface area contributed by atoms with Crippen LogP contribution in [0, 0.1) is 0 Å². The summed E-state index contributed by atoms with van der Waals surface area (Å²) in [5.41, 5.74) is 1.76. The van der Waals surface area contributed by atoms with Crippen molar-refractivity contribution in [1.82, 2.24) is 14.9 Å². The molecule has 4 rings (SSSR count). The molecule has 0 fully saturated rings. The van der Waals surface area contributed by atoms with E-state index in [-0.39, 0.29) is 0 Å². The summed E-state index contributed by atoms with van der Waals surface area (Å²) in [5, 5.41) is 9.12. The molecule has 31 heavy (non-hydrogen) atoms. The lowest BCUT2D eigenvalue weighted by Gasteiger charge is -2.11. The van der Waals surface area contributed by atoms with Crippen molar-refractivity contribution in [3.63, 3.8) is 0 Å².